The lowest BCUT2D eigenvalue weighted by Crippen LogP contribution is -2.30. The molecular weight excluding hydrogens is 244 g/mol. The number of piperidine rings is 1. The lowest BCUT2D eigenvalue weighted by molar-refractivity contribution is 0.470. The zero-order valence-corrected chi connectivity index (χ0v) is 9.50. The van der Waals surface area contributed by atoms with Crippen LogP contribution in [0.4, 0.5) is 5.82 Å². The first-order valence-corrected chi connectivity index (χ1v) is 5.67. The van der Waals surface area contributed by atoms with Gasteiger partial charge in [-0.15, -0.1) is 0 Å². The van der Waals surface area contributed by atoms with Gasteiger partial charge in [-0.1, -0.05) is 0 Å². The van der Waals surface area contributed by atoms with E-state index in [2.05, 4.69) is 25.8 Å². The first-order chi connectivity index (χ1) is 6.79. The second-order valence-electron chi connectivity index (χ2n) is 3.52. The molecule has 1 aromatic heterocycles. The molecular formula is C10H13BrN2O. The lowest BCUT2D eigenvalue weighted by Gasteiger charge is -2.28. The van der Waals surface area contributed by atoms with Crippen LogP contribution in [0.15, 0.2) is 16.7 Å². The van der Waals surface area contributed by atoms with Gasteiger partial charge >= 0.3 is 0 Å². The Labute approximate surface area is 91.9 Å². The molecule has 2 rings (SSSR count). The standard InChI is InChI=1S/C10H13BrN2O/c11-9-8(14)4-5-12-10(9)13-6-2-1-3-7-13/h4-5H,1-3,6-7H2,(H,12,14). The summed E-state index contributed by atoms with van der Waals surface area (Å²) in [5.41, 5.74) is 0. The zero-order chi connectivity index (χ0) is 9.97. The van der Waals surface area contributed by atoms with Gasteiger partial charge in [0.25, 0.3) is 0 Å². The number of aromatic hydroxyl groups is 1. The van der Waals surface area contributed by atoms with E-state index in [1.165, 1.54) is 19.3 Å². The van der Waals surface area contributed by atoms with Gasteiger partial charge in [-0.2, -0.15) is 0 Å². The highest BCUT2D eigenvalue weighted by atomic mass is 79.9. The fourth-order valence-corrected chi connectivity index (χ4v) is 2.23. The maximum Gasteiger partial charge on any atom is 0.146 e. The van der Waals surface area contributed by atoms with E-state index in [1.54, 1.807) is 12.3 Å². The topological polar surface area (TPSA) is 36.4 Å². The Morgan fingerprint density at radius 1 is 1.29 bits per heavy atom. The molecule has 1 aliphatic rings. The van der Waals surface area contributed by atoms with Gasteiger partial charge in [0.1, 0.15) is 16.0 Å². The summed E-state index contributed by atoms with van der Waals surface area (Å²) < 4.78 is 0.710. The Morgan fingerprint density at radius 2 is 2.00 bits per heavy atom. The van der Waals surface area contributed by atoms with Gasteiger partial charge in [-0.25, -0.2) is 4.98 Å². The maximum atomic E-state index is 9.52. The van der Waals surface area contributed by atoms with Crippen molar-refractivity contribution in [3.63, 3.8) is 0 Å². The van der Waals surface area contributed by atoms with Crippen LogP contribution in [0.2, 0.25) is 0 Å². The summed E-state index contributed by atoms with van der Waals surface area (Å²) in [5.74, 6) is 1.13. The van der Waals surface area contributed by atoms with E-state index in [9.17, 15) is 5.11 Å². The highest BCUT2D eigenvalue weighted by Gasteiger charge is 2.16. The molecule has 14 heavy (non-hydrogen) atoms. The third-order valence-corrected chi connectivity index (χ3v) is 3.27. The van der Waals surface area contributed by atoms with Crippen LogP contribution in [-0.2, 0) is 0 Å². The van der Waals surface area contributed by atoms with Gasteiger partial charge in [-0.3, -0.25) is 0 Å². The highest BCUT2D eigenvalue weighted by Crippen LogP contribution is 2.32. The Balaban J connectivity index is 2.26. The molecule has 0 radical (unpaired) electrons. The van der Waals surface area contributed by atoms with Crippen LogP contribution in [0.25, 0.3) is 0 Å². The molecule has 0 aliphatic carbocycles. The average molecular weight is 257 g/mol. The second kappa shape index (κ2) is 4.17. The van der Waals surface area contributed by atoms with Gasteiger partial charge in [-0.05, 0) is 41.3 Å². The molecule has 0 spiro atoms. The van der Waals surface area contributed by atoms with Crippen molar-refractivity contribution in [1.29, 1.82) is 0 Å². The summed E-state index contributed by atoms with van der Waals surface area (Å²) in [7, 11) is 0. The summed E-state index contributed by atoms with van der Waals surface area (Å²) in [6, 6.07) is 1.59. The van der Waals surface area contributed by atoms with Gasteiger partial charge in [0.2, 0.25) is 0 Å². The summed E-state index contributed by atoms with van der Waals surface area (Å²) in [5, 5.41) is 9.52. The molecule has 1 fully saturated rings. The van der Waals surface area contributed by atoms with Crippen molar-refractivity contribution in [3.8, 4) is 5.75 Å². The number of rotatable bonds is 1. The Morgan fingerprint density at radius 3 is 2.71 bits per heavy atom. The molecule has 1 N–H and O–H groups in total. The molecule has 2 heterocycles. The predicted molar refractivity (Wildman–Crippen MR) is 59.7 cm³/mol. The van der Waals surface area contributed by atoms with E-state index in [1.807, 2.05) is 0 Å². The van der Waals surface area contributed by atoms with E-state index in [0.29, 0.717) is 4.47 Å². The molecule has 3 nitrogen and oxygen atoms in total. The van der Waals surface area contributed by atoms with Crippen molar-refractivity contribution in [2.24, 2.45) is 0 Å². The molecule has 0 amide bonds. The van der Waals surface area contributed by atoms with Gasteiger partial charge in [0, 0.05) is 19.3 Å². The van der Waals surface area contributed by atoms with Crippen molar-refractivity contribution in [2.45, 2.75) is 19.3 Å². The van der Waals surface area contributed by atoms with Crippen LogP contribution in [0.5, 0.6) is 5.75 Å². The maximum absolute atomic E-state index is 9.52. The number of hydrogen-bond acceptors (Lipinski definition) is 3. The Hall–Kier alpha value is -0.770. The van der Waals surface area contributed by atoms with Crippen LogP contribution >= 0.6 is 15.9 Å². The quantitative estimate of drug-likeness (QED) is 0.839. The molecule has 0 aromatic carbocycles. The summed E-state index contributed by atoms with van der Waals surface area (Å²) in [6.45, 7) is 2.07. The fourth-order valence-electron chi connectivity index (χ4n) is 1.75. The fraction of sp³-hybridized carbons (Fsp3) is 0.500. The van der Waals surface area contributed by atoms with E-state index in [4.69, 9.17) is 0 Å². The van der Waals surface area contributed by atoms with Crippen LogP contribution in [0.1, 0.15) is 19.3 Å². The predicted octanol–water partition coefficient (Wildman–Crippen LogP) is 2.54. The molecule has 0 unspecified atom stereocenters. The third kappa shape index (κ3) is 1.85. The third-order valence-electron chi connectivity index (χ3n) is 2.51. The zero-order valence-electron chi connectivity index (χ0n) is 7.91. The van der Waals surface area contributed by atoms with Gasteiger partial charge < -0.3 is 10.0 Å². The second-order valence-corrected chi connectivity index (χ2v) is 4.31. The number of aromatic nitrogens is 1. The minimum Gasteiger partial charge on any atom is -0.507 e. The lowest BCUT2D eigenvalue weighted by atomic mass is 10.1. The molecule has 1 aliphatic heterocycles. The number of hydrogen-bond donors (Lipinski definition) is 1. The Kier molecular flexibility index (Phi) is 2.91. The van der Waals surface area contributed by atoms with Gasteiger partial charge in [0.15, 0.2) is 0 Å². The van der Waals surface area contributed by atoms with E-state index in [-0.39, 0.29) is 5.75 Å². The van der Waals surface area contributed by atoms with E-state index >= 15 is 0 Å². The molecule has 1 saturated heterocycles. The van der Waals surface area contributed by atoms with Crippen molar-refractivity contribution < 1.29 is 5.11 Å². The summed E-state index contributed by atoms with van der Waals surface area (Å²) in [6.07, 6.45) is 5.37. The number of anilines is 1. The minimum atomic E-state index is 0.264. The van der Waals surface area contributed by atoms with Crippen LogP contribution in [0.3, 0.4) is 0 Å². The van der Waals surface area contributed by atoms with E-state index in [0.717, 1.165) is 18.9 Å². The number of pyridine rings is 1. The van der Waals surface area contributed by atoms with Gasteiger partial charge in [0.05, 0.1) is 0 Å². The minimum absolute atomic E-state index is 0.264. The van der Waals surface area contributed by atoms with Crippen molar-refractivity contribution in [2.75, 3.05) is 18.0 Å². The van der Waals surface area contributed by atoms with E-state index < -0.39 is 0 Å². The monoisotopic (exact) mass is 256 g/mol. The molecule has 76 valence electrons. The Bertz CT molecular complexity index is 324. The average Bonchev–Trinajstić information content (AvgIpc) is 2.23. The SMILES string of the molecule is Oc1ccnc(N2CCCCC2)c1Br. The van der Waals surface area contributed by atoms with Crippen molar-refractivity contribution in [1.82, 2.24) is 4.98 Å². The molecule has 0 bridgehead atoms. The molecule has 0 saturated carbocycles. The molecule has 0 atom stereocenters. The van der Waals surface area contributed by atoms with Crippen molar-refractivity contribution in [3.05, 3.63) is 16.7 Å². The van der Waals surface area contributed by atoms with Crippen LogP contribution in [0, 0.1) is 0 Å². The number of nitrogens with zero attached hydrogens (tertiary/aromatic N) is 2. The number of halogens is 1. The molecule has 4 heteroatoms. The smallest absolute Gasteiger partial charge is 0.146 e. The van der Waals surface area contributed by atoms with Crippen LogP contribution < -0.4 is 4.90 Å². The molecule has 1 aromatic rings. The first kappa shape index (κ1) is 9.77. The van der Waals surface area contributed by atoms with Crippen LogP contribution in [-0.4, -0.2) is 23.2 Å². The summed E-state index contributed by atoms with van der Waals surface area (Å²) >= 11 is 3.36. The first-order valence-electron chi connectivity index (χ1n) is 4.87. The highest BCUT2D eigenvalue weighted by molar-refractivity contribution is 9.10. The van der Waals surface area contributed by atoms with Crippen molar-refractivity contribution >= 4 is 21.7 Å². The largest absolute Gasteiger partial charge is 0.507 e. The summed E-state index contributed by atoms with van der Waals surface area (Å²) in [4.78, 5) is 6.50. The normalized spacial score (nSPS) is 17.1.